The van der Waals surface area contributed by atoms with Crippen LogP contribution in [0.15, 0.2) is 48.5 Å². The summed E-state index contributed by atoms with van der Waals surface area (Å²) in [7, 11) is 3.16. The van der Waals surface area contributed by atoms with Gasteiger partial charge in [-0.25, -0.2) is 4.79 Å². The second-order valence-corrected chi connectivity index (χ2v) is 6.23. The molecule has 1 fully saturated rings. The molecule has 2 aromatic rings. The molecular weight excluding hydrogens is 346 g/mol. The molecule has 1 atom stereocenters. The molecule has 1 heterocycles. The summed E-state index contributed by atoms with van der Waals surface area (Å²) >= 11 is 0. The first kappa shape index (κ1) is 18.6. The number of ether oxygens (including phenoxy) is 2. The van der Waals surface area contributed by atoms with Crippen LogP contribution in [-0.4, -0.2) is 43.6 Å². The van der Waals surface area contributed by atoms with Gasteiger partial charge in [0.25, 0.3) is 0 Å². The van der Waals surface area contributed by atoms with Gasteiger partial charge in [0, 0.05) is 24.0 Å². The molecule has 0 aliphatic carbocycles. The number of rotatable bonds is 5. The third kappa shape index (κ3) is 4.49. The molecule has 0 bridgehead atoms. The van der Waals surface area contributed by atoms with Crippen molar-refractivity contribution in [2.75, 3.05) is 31.4 Å². The zero-order chi connectivity index (χ0) is 19.2. The number of carbonyl (C=O) groups is 2. The molecule has 0 radical (unpaired) electrons. The largest absolute Gasteiger partial charge is 0.497 e. The maximum atomic E-state index is 12.7. The maximum Gasteiger partial charge on any atom is 0.322 e. The first-order valence-corrected chi connectivity index (χ1v) is 8.77. The number of urea groups is 1. The lowest BCUT2D eigenvalue weighted by molar-refractivity contribution is -0.119. The van der Waals surface area contributed by atoms with Gasteiger partial charge in [-0.1, -0.05) is 6.07 Å². The number of hydrogen-bond acceptors (Lipinski definition) is 4. The molecule has 2 aromatic carbocycles. The molecule has 0 unspecified atom stereocenters. The van der Waals surface area contributed by atoms with E-state index < -0.39 is 6.04 Å². The summed E-state index contributed by atoms with van der Waals surface area (Å²) in [6, 6.07) is 13.4. The second-order valence-electron chi connectivity index (χ2n) is 6.23. The number of amides is 3. The first-order valence-electron chi connectivity index (χ1n) is 8.77. The molecule has 1 aliphatic rings. The van der Waals surface area contributed by atoms with Gasteiger partial charge in [-0.15, -0.1) is 0 Å². The quantitative estimate of drug-likeness (QED) is 0.847. The van der Waals surface area contributed by atoms with Gasteiger partial charge in [0.15, 0.2) is 0 Å². The summed E-state index contributed by atoms with van der Waals surface area (Å²) < 4.78 is 10.3. The Morgan fingerprint density at radius 2 is 1.70 bits per heavy atom. The third-order valence-corrected chi connectivity index (χ3v) is 4.49. The van der Waals surface area contributed by atoms with E-state index in [1.165, 1.54) is 0 Å². The Morgan fingerprint density at radius 3 is 2.41 bits per heavy atom. The van der Waals surface area contributed by atoms with E-state index in [9.17, 15) is 9.59 Å². The Hall–Kier alpha value is -3.22. The number of nitrogens with zero attached hydrogens (tertiary/aromatic N) is 1. The second kappa shape index (κ2) is 8.44. The van der Waals surface area contributed by atoms with Gasteiger partial charge >= 0.3 is 6.03 Å². The lowest BCUT2D eigenvalue weighted by atomic mass is 10.2. The van der Waals surface area contributed by atoms with Gasteiger partial charge in [0.2, 0.25) is 5.91 Å². The average Bonchev–Trinajstić information content (AvgIpc) is 3.19. The van der Waals surface area contributed by atoms with Gasteiger partial charge < -0.3 is 25.0 Å². The Kier molecular flexibility index (Phi) is 5.80. The van der Waals surface area contributed by atoms with Crippen LogP contribution >= 0.6 is 0 Å². The zero-order valence-electron chi connectivity index (χ0n) is 15.4. The van der Waals surface area contributed by atoms with E-state index in [0.717, 1.165) is 6.42 Å². The molecule has 3 amide bonds. The minimum Gasteiger partial charge on any atom is -0.497 e. The molecule has 7 heteroatoms. The average molecular weight is 369 g/mol. The summed E-state index contributed by atoms with van der Waals surface area (Å²) in [6.07, 6.45) is 1.42. The van der Waals surface area contributed by atoms with Crippen LogP contribution in [0.2, 0.25) is 0 Å². The fourth-order valence-corrected chi connectivity index (χ4v) is 3.08. The highest BCUT2D eigenvalue weighted by Gasteiger charge is 2.34. The molecule has 0 spiro atoms. The van der Waals surface area contributed by atoms with Crippen LogP contribution in [0.25, 0.3) is 0 Å². The number of benzene rings is 2. The minimum absolute atomic E-state index is 0.196. The SMILES string of the molecule is COc1ccc(NC(=O)[C@H]2CCCN2C(=O)Nc2cccc(OC)c2)cc1. The van der Waals surface area contributed by atoms with Crippen LogP contribution in [0.4, 0.5) is 16.2 Å². The van der Waals surface area contributed by atoms with E-state index in [2.05, 4.69) is 10.6 Å². The summed E-state index contributed by atoms with van der Waals surface area (Å²) in [4.78, 5) is 26.9. The van der Waals surface area contributed by atoms with Crippen molar-refractivity contribution in [2.24, 2.45) is 0 Å². The summed E-state index contributed by atoms with van der Waals surface area (Å²) in [5.74, 6) is 1.18. The molecule has 142 valence electrons. The molecule has 1 saturated heterocycles. The fourth-order valence-electron chi connectivity index (χ4n) is 3.08. The molecule has 0 aromatic heterocycles. The number of anilines is 2. The molecule has 1 aliphatic heterocycles. The number of likely N-dealkylation sites (tertiary alicyclic amines) is 1. The van der Waals surface area contributed by atoms with Crippen LogP contribution in [0.1, 0.15) is 12.8 Å². The maximum absolute atomic E-state index is 12.7. The molecule has 0 saturated carbocycles. The Balaban J connectivity index is 1.64. The number of carbonyl (C=O) groups excluding carboxylic acids is 2. The predicted molar refractivity (Wildman–Crippen MR) is 103 cm³/mol. The van der Waals surface area contributed by atoms with E-state index in [-0.39, 0.29) is 11.9 Å². The normalized spacial score (nSPS) is 15.9. The van der Waals surface area contributed by atoms with E-state index in [1.54, 1.807) is 67.7 Å². The standard InChI is InChI=1S/C20H23N3O4/c1-26-16-10-8-14(9-11-16)21-19(24)18-7-4-12-23(18)20(25)22-15-5-3-6-17(13-15)27-2/h3,5-6,8-11,13,18H,4,7,12H2,1-2H3,(H,21,24)(H,22,25)/t18-/m1/s1. The Bertz CT molecular complexity index is 807. The topological polar surface area (TPSA) is 79.9 Å². The van der Waals surface area contributed by atoms with Gasteiger partial charge in [0.1, 0.15) is 17.5 Å². The van der Waals surface area contributed by atoms with E-state index >= 15 is 0 Å². The van der Waals surface area contributed by atoms with Gasteiger partial charge in [0.05, 0.1) is 14.2 Å². The fraction of sp³-hybridized carbons (Fsp3) is 0.300. The van der Waals surface area contributed by atoms with Gasteiger partial charge in [-0.2, -0.15) is 0 Å². The summed E-state index contributed by atoms with van der Waals surface area (Å²) in [5, 5.41) is 5.70. The monoisotopic (exact) mass is 369 g/mol. The number of methoxy groups -OCH3 is 2. The van der Waals surface area contributed by atoms with Crippen LogP contribution in [0.3, 0.4) is 0 Å². The summed E-state index contributed by atoms with van der Waals surface area (Å²) in [6.45, 7) is 0.538. The smallest absolute Gasteiger partial charge is 0.322 e. The van der Waals surface area contributed by atoms with E-state index in [1.807, 2.05) is 0 Å². The first-order chi connectivity index (χ1) is 13.1. The van der Waals surface area contributed by atoms with Crippen LogP contribution in [-0.2, 0) is 4.79 Å². The zero-order valence-corrected chi connectivity index (χ0v) is 15.4. The molecule has 2 N–H and O–H groups in total. The minimum atomic E-state index is -0.502. The third-order valence-electron chi connectivity index (χ3n) is 4.49. The number of nitrogens with one attached hydrogen (secondary N) is 2. The van der Waals surface area contributed by atoms with Crippen molar-refractivity contribution in [1.82, 2.24) is 4.90 Å². The van der Waals surface area contributed by atoms with E-state index in [4.69, 9.17) is 9.47 Å². The summed E-state index contributed by atoms with van der Waals surface area (Å²) in [5.41, 5.74) is 1.29. The van der Waals surface area contributed by atoms with Crippen molar-refractivity contribution in [3.63, 3.8) is 0 Å². The van der Waals surface area contributed by atoms with Crippen molar-refractivity contribution >= 4 is 23.3 Å². The Labute approximate surface area is 158 Å². The Morgan fingerprint density at radius 1 is 0.963 bits per heavy atom. The van der Waals surface area contributed by atoms with Crippen molar-refractivity contribution < 1.29 is 19.1 Å². The van der Waals surface area contributed by atoms with Crippen LogP contribution < -0.4 is 20.1 Å². The van der Waals surface area contributed by atoms with Crippen LogP contribution in [0.5, 0.6) is 11.5 Å². The van der Waals surface area contributed by atoms with Crippen molar-refractivity contribution in [2.45, 2.75) is 18.9 Å². The lowest BCUT2D eigenvalue weighted by Crippen LogP contribution is -2.45. The van der Waals surface area contributed by atoms with Gasteiger partial charge in [-0.3, -0.25) is 4.79 Å². The highest BCUT2D eigenvalue weighted by atomic mass is 16.5. The predicted octanol–water partition coefficient (Wildman–Crippen LogP) is 3.34. The lowest BCUT2D eigenvalue weighted by Gasteiger charge is -2.24. The van der Waals surface area contributed by atoms with Crippen LogP contribution in [0, 0.1) is 0 Å². The number of hydrogen-bond donors (Lipinski definition) is 2. The molecule has 27 heavy (non-hydrogen) atoms. The molecule has 3 rings (SSSR count). The molecule has 7 nitrogen and oxygen atoms in total. The van der Waals surface area contributed by atoms with Crippen molar-refractivity contribution in [1.29, 1.82) is 0 Å². The van der Waals surface area contributed by atoms with Gasteiger partial charge in [-0.05, 0) is 49.2 Å². The highest BCUT2D eigenvalue weighted by molar-refractivity contribution is 5.99. The van der Waals surface area contributed by atoms with Crippen molar-refractivity contribution in [3.8, 4) is 11.5 Å². The van der Waals surface area contributed by atoms with E-state index in [0.29, 0.717) is 35.8 Å². The highest BCUT2D eigenvalue weighted by Crippen LogP contribution is 2.23. The molecular formula is C20H23N3O4. The van der Waals surface area contributed by atoms with Crippen molar-refractivity contribution in [3.05, 3.63) is 48.5 Å².